The fraction of sp³-hybridized carbons (Fsp3) is 0.0566. The maximum atomic E-state index is 7.10. The van der Waals surface area contributed by atoms with Crippen LogP contribution in [0, 0.1) is 0 Å². The number of nitrogens with zero attached hydrogens (tertiary/aromatic N) is 1. The lowest BCUT2D eigenvalue weighted by molar-refractivity contribution is 0.465. The van der Waals surface area contributed by atoms with E-state index in [1.165, 1.54) is 54.9 Å². The lowest BCUT2D eigenvalue weighted by Gasteiger charge is -2.34. The highest BCUT2D eigenvalue weighted by molar-refractivity contribution is 6.98. The Labute approximate surface area is 332 Å². The first-order valence-electron chi connectivity index (χ1n) is 19.8. The van der Waals surface area contributed by atoms with Crippen molar-refractivity contribution in [3.8, 4) is 45.3 Å². The third kappa shape index (κ3) is 4.74. The molecule has 0 bridgehead atoms. The molecule has 4 heteroatoms. The molecule has 0 N–H and O–H groups in total. The topological polar surface area (TPSA) is 21.7 Å². The highest BCUT2D eigenvalue weighted by atomic mass is 16.5. The molecular formula is C53H36BNO2. The molecule has 0 spiro atoms. The van der Waals surface area contributed by atoms with E-state index in [-0.39, 0.29) is 12.1 Å². The van der Waals surface area contributed by atoms with Crippen molar-refractivity contribution in [1.29, 1.82) is 0 Å². The van der Waals surface area contributed by atoms with Gasteiger partial charge in [-0.15, -0.1) is 0 Å². The van der Waals surface area contributed by atoms with Crippen LogP contribution in [0.5, 0.6) is 23.0 Å². The first kappa shape index (κ1) is 32.2. The number of fused-ring (bicyclic) bond motifs is 10. The number of hydrogen-bond acceptors (Lipinski definition) is 3. The zero-order chi connectivity index (χ0) is 37.8. The minimum absolute atomic E-state index is 0.0295. The predicted molar refractivity (Wildman–Crippen MR) is 237 cm³/mol. The van der Waals surface area contributed by atoms with E-state index >= 15 is 0 Å². The highest BCUT2D eigenvalue weighted by Crippen LogP contribution is 2.55. The molecule has 0 saturated carbocycles. The molecule has 0 fully saturated rings. The summed E-state index contributed by atoms with van der Waals surface area (Å²) in [5, 5.41) is 4.88. The number of rotatable bonds is 4. The van der Waals surface area contributed by atoms with Crippen LogP contribution in [-0.2, 0) is 5.41 Å². The minimum atomic E-state index is -0.286. The number of ether oxygens (including phenoxy) is 2. The summed E-state index contributed by atoms with van der Waals surface area (Å²) in [6.07, 6.45) is 0. The molecular weight excluding hydrogens is 693 g/mol. The average molecular weight is 730 g/mol. The van der Waals surface area contributed by atoms with Crippen molar-refractivity contribution in [3.05, 3.63) is 193 Å². The number of para-hydroxylation sites is 3. The highest BCUT2D eigenvalue weighted by Gasteiger charge is 2.44. The lowest BCUT2D eigenvalue weighted by Crippen LogP contribution is -2.57. The van der Waals surface area contributed by atoms with E-state index in [9.17, 15) is 0 Å². The summed E-state index contributed by atoms with van der Waals surface area (Å²) in [7, 11) is 0. The van der Waals surface area contributed by atoms with Crippen LogP contribution >= 0.6 is 0 Å². The van der Waals surface area contributed by atoms with Gasteiger partial charge in [-0.05, 0) is 121 Å². The molecule has 9 aromatic carbocycles. The van der Waals surface area contributed by atoms with Crippen molar-refractivity contribution in [2.45, 2.75) is 19.3 Å². The summed E-state index contributed by atoms with van der Waals surface area (Å²) >= 11 is 0. The van der Waals surface area contributed by atoms with Crippen LogP contribution < -0.4 is 30.8 Å². The number of hydrogen-bond donors (Lipinski definition) is 0. The molecule has 0 radical (unpaired) electrons. The fourth-order valence-corrected chi connectivity index (χ4v) is 9.80. The molecule has 0 amide bonds. The van der Waals surface area contributed by atoms with Crippen molar-refractivity contribution in [2.75, 3.05) is 4.90 Å². The third-order valence-corrected chi connectivity index (χ3v) is 12.5. The molecule has 57 heavy (non-hydrogen) atoms. The van der Waals surface area contributed by atoms with Crippen LogP contribution in [0.25, 0.3) is 43.8 Å². The molecule has 12 rings (SSSR count). The van der Waals surface area contributed by atoms with E-state index in [4.69, 9.17) is 9.47 Å². The number of benzene rings is 9. The SMILES string of the molecule is CC1(C)c2cc3c(cc2-c2c1cc(N(c1ccccc1)c1ccccc1)c1ccccc21)Oc1cc(-c2ccc4ccccc4c2)cc2c1B3c1ccccc1O2. The van der Waals surface area contributed by atoms with Gasteiger partial charge < -0.3 is 14.4 Å². The molecule has 0 unspecified atom stereocenters. The summed E-state index contributed by atoms with van der Waals surface area (Å²) in [5.41, 5.74) is 13.9. The van der Waals surface area contributed by atoms with Gasteiger partial charge in [-0.2, -0.15) is 0 Å². The predicted octanol–water partition coefficient (Wildman–Crippen LogP) is 12.2. The molecule has 3 aliphatic rings. The van der Waals surface area contributed by atoms with Gasteiger partial charge in [0.2, 0.25) is 0 Å². The second-order valence-corrected chi connectivity index (χ2v) is 16.1. The average Bonchev–Trinajstić information content (AvgIpc) is 3.48. The summed E-state index contributed by atoms with van der Waals surface area (Å²) in [6, 6.07) is 65.6. The van der Waals surface area contributed by atoms with E-state index in [0.29, 0.717) is 0 Å². The summed E-state index contributed by atoms with van der Waals surface area (Å²) < 4.78 is 13.8. The summed E-state index contributed by atoms with van der Waals surface area (Å²) in [5.74, 6) is 3.49. The molecule has 268 valence electrons. The molecule has 1 aliphatic carbocycles. The van der Waals surface area contributed by atoms with Gasteiger partial charge in [-0.1, -0.05) is 135 Å². The molecule has 9 aromatic rings. The maximum Gasteiger partial charge on any atom is 0.260 e. The Bertz CT molecular complexity index is 3080. The van der Waals surface area contributed by atoms with Crippen LogP contribution in [-0.4, -0.2) is 6.71 Å². The van der Waals surface area contributed by atoms with Crippen molar-refractivity contribution >= 4 is 61.7 Å². The van der Waals surface area contributed by atoms with Gasteiger partial charge in [0.1, 0.15) is 23.0 Å². The van der Waals surface area contributed by atoms with Crippen molar-refractivity contribution < 1.29 is 9.47 Å². The minimum Gasteiger partial charge on any atom is -0.458 e. The Kier molecular flexibility index (Phi) is 6.77. The zero-order valence-electron chi connectivity index (χ0n) is 31.7. The Balaban J connectivity index is 1.07. The lowest BCUT2D eigenvalue weighted by atomic mass is 9.34. The van der Waals surface area contributed by atoms with E-state index in [1.54, 1.807) is 0 Å². The molecule has 0 atom stereocenters. The Morgan fingerprint density at radius 3 is 1.84 bits per heavy atom. The van der Waals surface area contributed by atoms with Crippen LogP contribution in [0.1, 0.15) is 25.0 Å². The van der Waals surface area contributed by atoms with Gasteiger partial charge in [0.15, 0.2) is 0 Å². The molecule has 2 heterocycles. The van der Waals surface area contributed by atoms with Gasteiger partial charge in [-0.3, -0.25) is 0 Å². The van der Waals surface area contributed by atoms with Crippen LogP contribution in [0.3, 0.4) is 0 Å². The fourth-order valence-electron chi connectivity index (χ4n) is 9.80. The second kappa shape index (κ2) is 12.0. The molecule has 3 nitrogen and oxygen atoms in total. The monoisotopic (exact) mass is 729 g/mol. The van der Waals surface area contributed by atoms with Gasteiger partial charge >= 0.3 is 0 Å². The van der Waals surface area contributed by atoms with Crippen molar-refractivity contribution in [1.82, 2.24) is 0 Å². The second-order valence-electron chi connectivity index (χ2n) is 16.1. The summed E-state index contributed by atoms with van der Waals surface area (Å²) in [4.78, 5) is 2.40. The largest absolute Gasteiger partial charge is 0.458 e. The maximum absolute atomic E-state index is 7.10. The normalized spacial score (nSPS) is 13.8. The standard InChI is InChI=1S/C53H36BNO2/c1-53(2)42-31-45-48(30-41(42)51-40-22-12-11-21-39(40)46(32-43(51)53)55(37-17-5-3-6-18-37)38-19-7-4-8-20-38)57-50-29-36(35-26-25-33-15-9-10-16-34(33)27-35)28-49-52(50)54(45)44-23-13-14-24-47(44)56-49/h3-32H,1-2H3. The van der Waals surface area contributed by atoms with E-state index in [2.05, 4.69) is 201 Å². The Morgan fingerprint density at radius 2 is 1.09 bits per heavy atom. The first-order valence-corrected chi connectivity index (χ1v) is 19.8. The first-order chi connectivity index (χ1) is 28.0. The quantitative estimate of drug-likeness (QED) is 0.168. The van der Waals surface area contributed by atoms with Gasteiger partial charge in [0, 0.05) is 27.6 Å². The summed E-state index contributed by atoms with van der Waals surface area (Å²) in [6.45, 7) is 4.74. The van der Waals surface area contributed by atoms with Crippen molar-refractivity contribution in [3.63, 3.8) is 0 Å². The van der Waals surface area contributed by atoms with Crippen LogP contribution in [0.2, 0.25) is 0 Å². The third-order valence-electron chi connectivity index (χ3n) is 12.5. The van der Waals surface area contributed by atoms with Crippen LogP contribution in [0.4, 0.5) is 17.1 Å². The van der Waals surface area contributed by atoms with E-state index in [1.807, 2.05) is 0 Å². The zero-order valence-corrected chi connectivity index (χ0v) is 31.7. The van der Waals surface area contributed by atoms with Gasteiger partial charge in [-0.25, -0.2) is 0 Å². The number of anilines is 3. The van der Waals surface area contributed by atoms with Gasteiger partial charge in [0.05, 0.1) is 5.69 Å². The van der Waals surface area contributed by atoms with E-state index < -0.39 is 0 Å². The van der Waals surface area contributed by atoms with Crippen molar-refractivity contribution in [2.24, 2.45) is 0 Å². The molecule has 2 aliphatic heterocycles. The molecule has 0 saturated heterocycles. The Hall–Kier alpha value is -7.04. The van der Waals surface area contributed by atoms with E-state index in [0.717, 1.165) is 56.4 Å². The smallest absolute Gasteiger partial charge is 0.260 e. The van der Waals surface area contributed by atoms with Gasteiger partial charge in [0.25, 0.3) is 6.71 Å². The Morgan fingerprint density at radius 1 is 0.456 bits per heavy atom. The van der Waals surface area contributed by atoms with Crippen LogP contribution in [0.15, 0.2) is 182 Å². The molecule has 0 aromatic heterocycles.